The van der Waals surface area contributed by atoms with Gasteiger partial charge in [-0.3, -0.25) is 9.98 Å². The van der Waals surface area contributed by atoms with Crippen molar-refractivity contribution in [2.24, 2.45) is 4.99 Å². The fourth-order valence-corrected chi connectivity index (χ4v) is 2.65. The maximum atomic E-state index is 4.47. The molecule has 0 saturated heterocycles. The van der Waals surface area contributed by atoms with E-state index in [2.05, 4.69) is 40.3 Å². The van der Waals surface area contributed by atoms with Crippen LogP contribution >= 0.6 is 0 Å². The van der Waals surface area contributed by atoms with Crippen molar-refractivity contribution < 1.29 is 0 Å². The Morgan fingerprint density at radius 1 is 1.12 bits per heavy atom. The van der Waals surface area contributed by atoms with Gasteiger partial charge in [-0.1, -0.05) is 18.2 Å². The Labute approximate surface area is 98.3 Å². The summed E-state index contributed by atoms with van der Waals surface area (Å²) in [5.74, 6) is 0. The van der Waals surface area contributed by atoms with Crippen LogP contribution < -0.4 is 10.4 Å². The molecule has 2 heteroatoms. The van der Waals surface area contributed by atoms with E-state index < -0.39 is 0 Å². The summed E-state index contributed by atoms with van der Waals surface area (Å²) in [6.45, 7) is 0. The monoisotopic (exact) mass is 218 g/mol. The lowest BCUT2D eigenvalue weighted by Crippen LogP contribution is -2.28. The summed E-state index contributed by atoms with van der Waals surface area (Å²) in [4.78, 5) is 8.69. The maximum Gasteiger partial charge on any atom is 0.0802 e. The molecule has 0 radical (unpaired) electrons. The highest BCUT2D eigenvalue weighted by atomic mass is 14.7. The highest BCUT2D eigenvalue weighted by Crippen LogP contribution is 2.25. The molecule has 0 fully saturated rings. The molecule has 0 bridgehead atoms. The lowest BCUT2D eigenvalue weighted by molar-refractivity contribution is 1.34. The first-order chi connectivity index (χ1) is 8.45. The summed E-state index contributed by atoms with van der Waals surface area (Å²) in [6.07, 6.45) is 15.4. The lowest BCUT2D eigenvalue weighted by Gasteiger charge is -2.09. The number of fused-ring (bicyclic) bond motifs is 6. The zero-order chi connectivity index (χ0) is 11.2. The quantitative estimate of drug-likeness (QED) is 0.663. The van der Waals surface area contributed by atoms with Crippen molar-refractivity contribution in [1.82, 2.24) is 4.98 Å². The Hall–Kier alpha value is -2.22. The van der Waals surface area contributed by atoms with E-state index in [1.54, 1.807) is 0 Å². The molecule has 0 spiro atoms. The smallest absolute Gasteiger partial charge is 0.0802 e. The van der Waals surface area contributed by atoms with Gasteiger partial charge in [0.1, 0.15) is 0 Å². The number of benzene rings is 1. The van der Waals surface area contributed by atoms with Crippen LogP contribution in [0.5, 0.6) is 0 Å². The first-order valence-electron chi connectivity index (χ1n) is 5.76. The molecule has 80 valence electrons. The van der Waals surface area contributed by atoms with Crippen LogP contribution in [0.4, 0.5) is 5.69 Å². The predicted molar refractivity (Wildman–Crippen MR) is 71.7 cm³/mol. The molecule has 1 aliphatic carbocycles. The van der Waals surface area contributed by atoms with E-state index in [0.717, 1.165) is 17.5 Å². The fraction of sp³-hybridized carbons (Fsp3) is 0.0667. The van der Waals surface area contributed by atoms with Crippen LogP contribution in [-0.2, 0) is 0 Å². The summed E-state index contributed by atoms with van der Waals surface area (Å²) in [6, 6.07) is 2.08. The average Bonchev–Trinajstić information content (AvgIpc) is 2.89. The first kappa shape index (κ1) is 8.88. The third-order valence-electron chi connectivity index (χ3n) is 3.39. The van der Waals surface area contributed by atoms with Gasteiger partial charge < -0.3 is 0 Å². The Morgan fingerprint density at radius 3 is 3.12 bits per heavy atom. The number of allylic oxidation sites excluding steroid dienone is 1. The second kappa shape index (κ2) is 3.14. The van der Waals surface area contributed by atoms with Gasteiger partial charge in [-0.2, -0.15) is 0 Å². The van der Waals surface area contributed by atoms with Crippen molar-refractivity contribution >= 4 is 40.9 Å². The van der Waals surface area contributed by atoms with Gasteiger partial charge >= 0.3 is 0 Å². The van der Waals surface area contributed by atoms with E-state index in [-0.39, 0.29) is 0 Å². The standard InChI is InChI=1S/C15H10N2/c1-2-4-11-10(3-1)12-5-7-16-9-14(12)15-13(11)6-8-17-15/h1,3-9H,2H2. The third kappa shape index (κ3) is 1.10. The van der Waals surface area contributed by atoms with Gasteiger partial charge in [0, 0.05) is 29.2 Å². The third-order valence-corrected chi connectivity index (χ3v) is 3.39. The number of nitrogens with zero attached hydrogens (tertiary/aromatic N) is 2. The topological polar surface area (TPSA) is 25.2 Å². The molecule has 17 heavy (non-hydrogen) atoms. The zero-order valence-corrected chi connectivity index (χ0v) is 9.22. The second-order valence-corrected chi connectivity index (χ2v) is 4.30. The minimum atomic E-state index is 1.00. The number of pyridine rings is 1. The molecule has 1 aromatic heterocycles. The minimum absolute atomic E-state index is 1.00. The van der Waals surface area contributed by atoms with Crippen molar-refractivity contribution in [2.75, 3.05) is 0 Å². The van der Waals surface area contributed by atoms with Gasteiger partial charge in [-0.25, -0.2) is 0 Å². The fourth-order valence-electron chi connectivity index (χ4n) is 2.65. The first-order valence-corrected chi connectivity index (χ1v) is 5.76. The molecule has 4 rings (SSSR count). The number of rotatable bonds is 0. The molecule has 0 atom stereocenters. The Morgan fingerprint density at radius 2 is 2.12 bits per heavy atom. The molecular formula is C15H10N2. The van der Waals surface area contributed by atoms with Gasteiger partial charge in [-0.05, 0) is 34.7 Å². The summed E-state index contributed by atoms with van der Waals surface area (Å²) >= 11 is 0. The largest absolute Gasteiger partial charge is 0.264 e. The van der Waals surface area contributed by atoms with E-state index >= 15 is 0 Å². The molecular weight excluding hydrogens is 208 g/mol. The van der Waals surface area contributed by atoms with Gasteiger partial charge in [-0.15, -0.1) is 0 Å². The number of aromatic nitrogens is 1. The van der Waals surface area contributed by atoms with E-state index in [0.29, 0.717) is 0 Å². The molecule has 0 saturated carbocycles. The molecule has 0 unspecified atom stereocenters. The van der Waals surface area contributed by atoms with Crippen LogP contribution in [0.2, 0.25) is 0 Å². The average molecular weight is 218 g/mol. The highest BCUT2D eigenvalue weighted by Gasteiger charge is 2.12. The summed E-state index contributed by atoms with van der Waals surface area (Å²) in [5.41, 5.74) is 2.37. The minimum Gasteiger partial charge on any atom is -0.264 e. The van der Waals surface area contributed by atoms with Gasteiger partial charge in [0.15, 0.2) is 0 Å². The van der Waals surface area contributed by atoms with Crippen molar-refractivity contribution in [1.29, 1.82) is 0 Å². The predicted octanol–water partition coefficient (Wildman–Crippen LogP) is 1.93. The summed E-state index contributed by atoms with van der Waals surface area (Å²) in [7, 11) is 0. The molecule has 0 amide bonds. The van der Waals surface area contributed by atoms with Crippen molar-refractivity contribution in [3.63, 3.8) is 0 Å². The normalized spacial score (nSPS) is 15.3. The van der Waals surface area contributed by atoms with Crippen LogP contribution in [0.25, 0.3) is 29.0 Å². The van der Waals surface area contributed by atoms with Gasteiger partial charge in [0.05, 0.1) is 5.69 Å². The summed E-state index contributed by atoms with van der Waals surface area (Å²) in [5, 5.41) is 4.95. The molecule has 2 aliphatic rings. The van der Waals surface area contributed by atoms with Crippen molar-refractivity contribution in [3.05, 3.63) is 40.5 Å². The van der Waals surface area contributed by atoms with Crippen LogP contribution in [0, 0.1) is 0 Å². The number of hydrogen-bond donors (Lipinski definition) is 0. The van der Waals surface area contributed by atoms with Crippen LogP contribution in [0.1, 0.15) is 12.0 Å². The maximum absolute atomic E-state index is 4.47. The SMILES string of the molecule is C1=Cc2c(c3c(c4cnccc24)N=CC=3)=CC1. The molecule has 2 heterocycles. The lowest BCUT2D eigenvalue weighted by atomic mass is 9.96. The molecule has 1 aliphatic heterocycles. The molecule has 1 aromatic carbocycles. The molecule has 0 N–H and O–H groups in total. The van der Waals surface area contributed by atoms with E-state index in [9.17, 15) is 0 Å². The van der Waals surface area contributed by atoms with Crippen molar-refractivity contribution in [3.8, 4) is 0 Å². The van der Waals surface area contributed by atoms with Crippen LogP contribution in [0.15, 0.2) is 29.5 Å². The van der Waals surface area contributed by atoms with Crippen molar-refractivity contribution in [2.45, 2.75) is 6.42 Å². The number of aliphatic imine (C=N–C) groups is 1. The Balaban J connectivity index is 2.39. The highest BCUT2D eigenvalue weighted by molar-refractivity contribution is 6.06. The van der Waals surface area contributed by atoms with Crippen LogP contribution in [-0.4, -0.2) is 11.2 Å². The zero-order valence-electron chi connectivity index (χ0n) is 9.22. The Kier molecular flexibility index (Phi) is 1.64. The molecule has 2 nitrogen and oxygen atoms in total. The Bertz CT molecular complexity index is 811. The number of hydrogen-bond acceptors (Lipinski definition) is 2. The van der Waals surface area contributed by atoms with Gasteiger partial charge in [0.2, 0.25) is 0 Å². The second-order valence-electron chi connectivity index (χ2n) is 4.30. The summed E-state index contributed by atoms with van der Waals surface area (Å²) < 4.78 is 0. The van der Waals surface area contributed by atoms with E-state index in [4.69, 9.17) is 0 Å². The van der Waals surface area contributed by atoms with Crippen LogP contribution in [0.3, 0.4) is 0 Å². The molecule has 2 aromatic rings. The van der Waals surface area contributed by atoms with E-state index in [1.807, 2.05) is 18.6 Å². The van der Waals surface area contributed by atoms with Gasteiger partial charge in [0.25, 0.3) is 0 Å². The van der Waals surface area contributed by atoms with E-state index in [1.165, 1.54) is 21.4 Å².